The van der Waals surface area contributed by atoms with Gasteiger partial charge in [-0.25, -0.2) is 29.0 Å². The number of anilines is 3. The van der Waals surface area contributed by atoms with E-state index < -0.39 is 6.67 Å². The van der Waals surface area contributed by atoms with Crippen LogP contribution in [0.4, 0.5) is 21.8 Å². The van der Waals surface area contributed by atoms with Gasteiger partial charge in [0.2, 0.25) is 11.9 Å². The third kappa shape index (κ3) is 5.46. The monoisotopic (exact) mass is 554 g/mol. The van der Waals surface area contributed by atoms with Crippen molar-refractivity contribution in [1.29, 1.82) is 0 Å². The summed E-state index contributed by atoms with van der Waals surface area (Å²) in [4.78, 5) is 33.9. The maximum Gasteiger partial charge on any atom is 0.246 e. The highest BCUT2D eigenvalue weighted by Gasteiger charge is 2.22. The number of aromatic nitrogens is 7. The number of benzene rings is 2. The summed E-state index contributed by atoms with van der Waals surface area (Å²) in [6.45, 7) is 3.41. The van der Waals surface area contributed by atoms with Crippen molar-refractivity contribution in [2.75, 3.05) is 43.1 Å². The maximum absolute atomic E-state index is 12.4. The van der Waals surface area contributed by atoms with E-state index in [0.29, 0.717) is 60.5 Å². The number of amides is 1. The Morgan fingerprint density at radius 2 is 1.93 bits per heavy atom. The minimum Gasteiger partial charge on any atom is -0.457 e. The zero-order valence-electron chi connectivity index (χ0n) is 22.5. The largest absolute Gasteiger partial charge is 0.457 e. The molecule has 6 rings (SSSR count). The van der Waals surface area contributed by atoms with E-state index in [1.807, 2.05) is 55.3 Å². The van der Waals surface area contributed by atoms with Crippen molar-refractivity contribution in [3.05, 3.63) is 66.6 Å². The van der Waals surface area contributed by atoms with Gasteiger partial charge in [-0.15, -0.1) is 5.10 Å². The molecule has 2 aromatic carbocycles. The molecule has 1 fully saturated rings. The van der Waals surface area contributed by atoms with Crippen LogP contribution in [0.15, 0.2) is 61.1 Å². The molecule has 0 radical (unpaired) electrons. The van der Waals surface area contributed by atoms with Crippen LogP contribution in [0.5, 0.6) is 11.5 Å². The Bertz CT molecular complexity index is 1760. The van der Waals surface area contributed by atoms with Gasteiger partial charge in [-0.3, -0.25) is 4.79 Å². The smallest absolute Gasteiger partial charge is 0.246 e. The predicted octanol–water partition coefficient (Wildman–Crippen LogP) is 3.72. The molecule has 5 aromatic rings. The molecule has 0 aliphatic carbocycles. The van der Waals surface area contributed by atoms with Gasteiger partial charge in [0.25, 0.3) is 0 Å². The van der Waals surface area contributed by atoms with Gasteiger partial charge in [0, 0.05) is 51.1 Å². The average molecular weight is 555 g/mol. The molecule has 4 heterocycles. The molecule has 1 N–H and O–H groups in total. The first-order valence-electron chi connectivity index (χ1n) is 13.1. The van der Waals surface area contributed by atoms with E-state index in [0.717, 1.165) is 22.3 Å². The van der Waals surface area contributed by atoms with Crippen LogP contribution in [-0.2, 0) is 11.8 Å². The molecular formula is C28H27FN10O2. The number of ether oxygens (including phenoxy) is 1. The second kappa shape index (κ2) is 11.1. The lowest BCUT2D eigenvalue weighted by Gasteiger charge is -2.34. The summed E-state index contributed by atoms with van der Waals surface area (Å²) < 4.78 is 20.2. The van der Waals surface area contributed by atoms with Gasteiger partial charge in [-0.2, -0.15) is 0 Å². The number of piperazine rings is 1. The molecule has 1 aliphatic rings. The van der Waals surface area contributed by atoms with Gasteiger partial charge in [0.1, 0.15) is 41.1 Å². The van der Waals surface area contributed by atoms with Crippen LogP contribution in [-0.4, -0.2) is 78.6 Å². The number of hydrogen-bond donors (Lipinski definition) is 1. The molecule has 41 heavy (non-hydrogen) atoms. The Kier molecular flexibility index (Phi) is 7.06. The molecule has 0 atom stereocenters. The Balaban J connectivity index is 1.18. The zero-order valence-corrected chi connectivity index (χ0v) is 22.5. The molecule has 0 unspecified atom stereocenters. The first-order valence-corrected chi connectivity index (χ1v) is 13.1. The minimum absolute atomic E-state index is 0.195. The standard InChI is InChI=1S/C28H27FN10O2/c1-18-14-19(5-8-24(18)41-20-6-7-23-21(15-20)35-36-37(23)2)33-27-26-22(31-17-32-27)16-30-28(34-26)39-12-10-38(11-13-39)25(40)4-3-9-29/h3-8,14-17H,9-13H2,1-2H3,(H,31,32,33)/b4-3+. The number of aryl methyl sites for hydroxylation is 2. The Morgan fingerprint density at radius 1 is 1.07 bits per heavy atom. The molecule has 3 aromatic heterocycles. The number of fused-ring (bicyclic) bond motifs is 2. The molecule has 0 bridgehead atoms. The molecular weight excluding hydrogens is 527 g/mol. The SMILES string of the molecule is Cc1cc(Nc2ncnc3cnc(N4CCN(C(=O)/C=C/CF)CC4)nc23)ccc1Oc1ccc2c(c1)nnn2C. The van der Waals surface area contributed by atoms with Crippen LogP contribution in [0, 0.1) is 6.92 Å². The number of nitrogens with zero attached hydrogens (tertiary/aromatic N) is 9. The number of nitrogens with one attached hydrogen (secondary N) is 1. The highest BCUT2D eigenvalue weighted by molar-refractivity contribution is 5.88. The molecule has 1 aliphatic heterocycles. The average Bonchev–Trinajstić information content (AvgIpc) is 3.37. The van der Waals surface area contributed by atoms with E-state index in [1.54, 1.807) is 15.8 Å². The van der Waals surface area contributed by atoms with E-state index in [9.17, 15) is 9.18 Å². The van der Waals surface area contributed by atoms with Gasteiger partial charge < -0.3 is 19.9 Å². The third-order valence-corrected chi connectivity index (χ3v) is 6.84. The van der Waals surface area contributed by atoms with Gasteiger partial charge in [-0.05, 0) is 48.9 Å². The topological polar surface area (TPSA) is 127 Å². The van der Waals surface area contributed by atoms with Crippen molar-refractivity contribution in [3.8, 4) is 11.5 Å². The normalized spacial score (nSPS) is 13.8. The van der Waals surface area contributed by atoms with Crippen LogP contribution in [0.1, 0.15) is 5.56 Å². The van der Waals surface area contributed by atoms with Crippen molar-refractivity contribution in [1.82, 2.24) is 39.8 Å². The first-order chi connectivity index (χ1) is 20.0. The number of hydrogen-bond acceptors (Lipinski definition) is 10. The van der Waals surface area contributed by atoms with Crippen molar-refractivity contribution in [2.24, 2.45) is 7.05 Å². The Hall–Kier alpha value is -5.20. The lowest BCUT2D eigenvalue weighted by atomic mass is 10.2. The molecule has 1 saturated heterocycles. The van der Waals surface area contributed by atoms with Crippen LogP contribution in [0.3, 0.4) is 0 Å². The van der Waals surface area contributed by atoms with Gasteiger partial charge in [0.15, 0.2) is 5.82 Å². The molecule has 0 saturated carbocycles. The van der Waals surface area contributed by atoms with Crippen molar-refractivity contribution >= 4 is 45.4 Å². The van der Waals surface area contributed by atoms with E-state index in [4.69, 9.17) is 9.72 Å². The Labute approximate surface area is 234 Å². The van der Waals surface area contributed by atoms with Gasteiger partial charge >= 0.3 is 0 Å². The number of carbonyl (C=O) groups is 1. The molecule has 208 valence electrons. The van der Waals surface area contributed by atoms with E-state index in [1.165, 1.54) is 18.5 Å². The lowest BCUT2D eigenvalue weighted by Crippen LogP contribution is -2.48. The van der Waals surface area contributed by atoms with Crippen LogP contribution in [0.25, 0.3) is 22.1 Å². The molecule has 1 amide bonds. The van der Waals surface area contributed by atoms with Crippen LogP contribution in [0.2, 0.25) is 0 Å². The maximum atomic E-state index is 12.4. The van der Waals surface area contributed by atoms with E-state index >= 15 is 0 Å². The minimum atomic E-state index is -0.659. The highest BCUT2D eigenvalue weighted by atomic mass is 19.1. The summed E-state index contributed by atoms with van der Waals surface area (Å²) >= 11 is 0. The third-order valence-electron chi connectivity index (χ3n) is 6.84. The summed E-state index contributed by atoms with van der Waals surface area (Å²) in [6.07, 6.45) is 5.63. The summed E-state index contributed by atoms with van der Waals surface area (Å²) in [5, 5.41) is 11.5. The van der Waals surface area contributed by atoms with Crippen molar-refractivity contribution < 1.29 is 13.9 Å². The molecule has 13 heteroatoms. The fourth-order valence-electron chi connectivity index (χ4n) is 4.66. The number of rotatable bonds is 7. The summed E-state index contributed by atoms with van der Waals surface area (Å²) in [5.41, 5.74) is 4.62. The fourth-order valence-corrected chi connectivity index (χ4v) is 4.66. The number of carbonyl (C=O) groups excluding carboxylic acids is 1. The quantitative estimate of drug-likeness (QED) is 0.297. The van der Waals surface area contributed by atoms with Gasteiger partial charge in [-0.1, -0.05) is 5.21 Å². The summed E-state index contributed by atoms with van der Waals surface area (Å²) in [6, 6.07) is 11.5. The van der Waals surface area contributed by atoms with E-state index in [2.05, 4.69) is 30.6 Å². The fraction of sp³-hybridized carbons (Fsp3) is 0.250. The summed E-state index contributed by atoms with van der Waals surface area (Å²) in [7, 11) is 1.85. The molecule has 0 spiro atoms. The predicted molar refractivity (Wildman–Crippen MR) is 152 cm³/mol. The number of halogens is 1. The van der Waals surface area contributed by atoms with E-state index in [-0.39, 0.29) is 5.91 Å². The Morgan fingerprint density at radius 3 is 2.73 bits per heavy atom. The van der Waals surface area contributed by atoms with Gasteiger partial charge in [0.05, 0.1) is 11.7 Å². The van der Waals surface area contributed by atoms with Crippen molar-refractivity contribution in [2.45, 2.75) is 6.92 Å². The number of alkyl halides is 1. The summed E-state index contributed by atoms with van der Waals surface area (Å²) in [5.74, 6) is 2.27. The van der Waals surface area contributed by atoms with Crippen LogP contribution < -0.4 is 15.0 Å². The first kappa shape index (κ1) is 26.0. The highest BCUT2D eigenvalue weighted by Crippen LogP contribution is 2.31. The lowest BCUT2D eigenvalue weighted by molar-refractivity contribution is -0.126. The second-order valence-corrected chi connectivity index (χ2v) is 9.57. The number of allylic oxidation sites excluding steroid dienone is 1. The van der Waals surface area contributed by atoms with Crippen LogP contribution >= 0.6 is 0 Å². The van der Waals surface area contributed by atoms with Crippen molar-refractivity contribution in [3.63, 3.8) is 0 Å². The molecule has 12 nitrogen and oxygen atoms in total. The second-order valence-electron chi connectivity index (χ2n) is 9.57. The zero-order chi connectivity index (χ0) is 28.3.